The number of benzene rings is 1. The molecule has 9 heteroatoms. The van der Waals surface area contributed by atoms with Crippen LogP contribution in [0.15, 0.2) is 30.3 Å². The van der Waals surface area contributed by atoms with Gasteiger partial charge in [-0.05, 0) is 47.1 Å². The van der Waals surface area contributed by atoms with Gasteiger partial charge in [-0.15, -0.1) is 0 Å². The largest absolute Gasteiger partial charge is 0.451 e. The highest BCUT2D eigenvalue weighted by atomic mass is 16.6. The Balaban J connectivity index is 2.10. The number of nitro groups is 1. The normalized spacial score (nSPS) is 12.3. The van der Waals surface area contributed by atoms with Gasteiger partial charge >= 0.3 is 11.7 Å². The Morgan fingerprint density at radius 3 is 2.33 bits per heavy atom. The van der Waals surface area contributed by atoms with Crippen molar-refractivity contribution in [1.29, 1.82) is 0 Å². The van der Waals surface area contributed by atoms with Gasteiger partial charge in [-0.2, -0.15) is 5.10 Å². The predicted octanol–water partition coefficient (Wildman–Crippen LogP) is 3.17. The van der Waals surface area contributed by atoms with Crippen LogP contribution in [0.4, 0.5) is 5.69 Å². The van der Waals surface area contributed by atoms with Gasteiger partial charge in [0.25, 0.3) is 5.91 Å². The molecule has 30 heavy (non-hydrogen) atoms. The number of hydrogen-bond donors (Lipinski definition) is 0. The summed E-state index contributed by atoms with van der Waals surface area (Å²) in [6.07, 6.45) is -1.01. The lowest BCUT2D eigenvalue weighted by molar-refractivity contribution is -0.386. The number of hydrogen-bond acceptors (Lipinski definition) is 6. The monoisotopic (exact) mass is 416 g/mol. The molecular formula is C21H28N4O5. The van der Waals surface area contributed by atoms with E-state index in [2.05, 4.69) is 5.10 Å². The molecule has 0 spiro atoms. The highest BCUT2D eigenvalue weighted by Crippen LogP contribution is 2.22. The van der Waals surface area contributed by atoms with Crippen molar-refractivity contribution in [2.45, 2.75) is 66.3 Å². The highest BCUT2D eigenvalue weighted by Gasteiger charge is 2.32. The molecule has 0 saturated heterocycles. The first kappa shape index (κ1) is 23.1. The fourth-order valence-corrected chi connectivity index (χ4v) is 3.14. The Labute approximate surface area is 175 Å². The zero-order valence-corrected chi connectivity index (χ0v) is 18.2. The molecule has 2 aromatic rings. The third kappa shape index (κ3) is 5.43. The highest BCUT2D eigenvalue weighted by molar-refractivity contribution is 5.84. The lowest BCUT2D eigenvalue weighted by Gasteiger charge is -2.37. The van der Waals surface area contributed by atoms with Crippen LogP contribution in [-0.4, -0.2) is 43.1 Å². The number of nitrogens with zero attached hydrogens (tertiary/aromatic N) is 4. The van der Waals surface area contributed by atoms with Gasteiger partial charge in [0, 0.05) is 12.1 Å². The summed E-state index contributed by atoms with van der Waals surface area (Å²) >= 11 is 0. The van der Waals surface area contributed by atoms with Gasteiger partial charge in [0.15, 0.2) is 6.10 Å². The van der Waals surface area contributed by atoms with E-state index in [0.717, 1.165) is 5.56 Å². The van der Waals surface area contributed by atoms with Gasteiger partial charge in [-0.25, -0.2) is 0 Å². The Kier molecular flexibility index (Phi) is 6.96. The van der Waals surface area contributed by atoms with E-state index in [1.54, 1.807) is 4.90 Å². The molecule has 162 valence electrons. The van der Waals surface area contributed by atoms with Crippen LogP contribution in [-0.2, 0) is 27.4 Å². The van der Waals surface area contributed by atoms with E-state index in [1.165, 1.54) is 25.5 Å². The van der Waals surface area contributed by atoms with E-state index in [9.17, 15) is 19.7 Å². The van der Waals surface area contributed by atoms with E-state index in [-0.39, 0.29) is 29.5 Å². The smallest absolute Gasteiger partial charge is 0.328 e. The maximum atomic E-state index is 13.0. The van der Waals surface area contributed by atoms with Crippen LogP contribution in [0.3, 0.4) is 0 Å². The van der Waals surface area contributed by atoms with E-state index in [4.69, 9.17) is 4.74 Å². The van der Waals surface area contributed by atoms with Gasteiger partial charge in [-0.3, -0.25) is 24.4 Å². The van der Waals surface area contributed by atoms with Crippen molar-refractivity contribution in [3.8, 4) is 0 Å². The first-order chi connectivity index (χ1) is 13.9. The molecule has 9 nitrogen and oxygen atoms in total. The minimum absolute atomic E-state index is 0.131. The zero-order valence-electron chi connectivity index (χ0n) is 18.2. The maximum absolute atomic E-state index is 13.0. The minimum atomic E-state index is -1.01. The third-order valence-electron chi connectivity index (χ3n) is 4.72. The molecule has 0 fully saturated rings. The second-order valence-corrected chi connectivity index (χ2v) is 8.15. The quantitative estimate of drug-likeness (QED) is 0.390. The van der Waals surface area contributed by atoms with Crippen LogP contribution in [0.2, 0.25) is 0 Å². The number of esters is 1. The Bertz CT molecular complexity index is 931. The van der Waals surface area contributed by atoms with Crippen molar-refractivity contribution in [1.82, 2.24) is 14.7 Å². The lowest BCUT2D eigenvalue weighted by Crippen LogP contribution is -2.49. The van der Waals surface area contributed by atoms with Gasteiger partial charge < -0.3 is 9.64 Å². The predicted molar refractivity (Wildman–Crippen MR) is 111 cm³/mol. The Morgan fingerprint density at radius 2 is 1.83 bits per heavy atom. The summed E-state index contributed by atoms with van der Waals surface area (Å²) in [5, 5.41) is 15.1. The summed E-state index contributed by atoms with van der Waals surface area (Å²) in [6.45, 7) is 10.4. The van der Waals surface area contributed by atoms with Crippen molar-refractivity contribution in [3.05, 3.63) is 57.4 Å². The minimum Gasteiger partial charge on any atom is -0.451 e. The van der Waals surface area contributed by atoms with Gasteiger partial charge in [0.1, 0.15) is 17.9 Å². The number of carbonyl (C=O) groups is 2. The van der Waals surface area contributed by atoms with Gasteiger partial charge in [0.05, 0.1) is 4.92 Å². The number of aromatic nitrogens is 2. The number of rotatable bonds is 7. The molecule has 1 atom stereocenters. The van der Waals surface area contributed by atoms with Crippen LogP contribution in [0.5, 0.6) is 0 Å². The average molecular weight is 416 g/mol. The SMILES string of the molecule is Cc1nn(CC(=O)O[C@H](C)C(=O)N(Cc2ccccc2)C(C)(C)C)c(C)c1[N+](=O)[O-]. The maximum Gasteiger partial charge on any atom is 0.328 e. The zero-order chi connectivity index (χ0) is 22.6. The van der Waals surface area contributed by atoms with Crippen LogP contribution < -0.4 is 0 Å². The molecular weight excluding hydrogens is 388 g/mol. The lowest BCUT2D eigenvalue weighted by atomic mass is 10.0. The molecule has 1 heterocycles. The molecule has 0 saturated carbocycles. The molecule has 0 radical (unpaired) electrons. The summed E-state index contributed by atoms with van der Waals surface area (Å²) in [7, 11) is 0. The van der Waals surface area contributed by atoms with Crippen molar-refractivity contribution < 1.29 is 19.2 Å². The molecule has 0 N–H and O–H groups in total. The fourth-order valence-electron chi connectivity index (χ4n) is 3.14. The molecule has 1 amide bonds. The Morgan fingerprint density at radius 1 is 1.23 bits per heavy atom. The molecule has 1 aromatic heterocycles. The summed E-state index contributed by atoms with van der Waals surface area (Å²) in [4.78, 5) is 37.7. The number of aryl methyl sites for hydroxylation is 1. The summed E-state index contributed by atoms with van der Waals surface area (Å²) in [5.41, 5.74) is 0.831. The first-order valence-corrected chi connectivity index (χ1v) is 9.65. The summed E-state index contributed by atoms with van der Waals surface area (Å²) < 4.78 is 6.55. The second-order valence-electron chi connectivity index (χ2n) is 8.15. The summed E-state index contributed by atoms with van der Waals surface area (Å²) in [5.74, 6) is -1.01. The van der Waals surface area contributed by atoms with Crippen molar-refractivity contribution in [3.63, 3.8) is 0 Å². The molecule has 0 aliphatic carbocycles. The van der Waals surface area contributed by atoms with E-state index < -0.39 is 22.5 Å². The molecule has 0 aliphatic rings. The number of carbonyl (C=O) groups excluding carboxylic acids is 2. The number of ether oxygens (including phenoxy) is 1. The fraction of sp³-hybridized carbons (Fsp3) is 0.476. The second kappa shape index (κ2) is 9.06. The van der Waals surface area contributed by atoms with Crippen LogP contribution in [0.1, 0.15) is 44.6 Å². The van der Waals surface area contributed by atoms with Crippen molar-refractivity contribution >= 4 is 17.6 Å². The van der Waals surface area contributed by atoms with Crippen molar-refractivity contribution in [2.75, 3.05) is 0 Å². The number of amides is 1. The standard InChI is InChI=1S/C21H28N4O5/c1-14-19(25(28)29)15(2)24(22-14)13-18(26)30-16(3)20(27)23(21(4,5)6)12-17-10-8-7-9-11-17/h7-11,16H,12-13H2,1-6H3/t16-/m1/s1. The molecule has 0 bridgehead atoms. The Hall–Kier alpha value is -3.23. The van der Waals surface area contributed by atoms with Crippen LogP contribution in [0.25, 0.3) is 0 Å². The van der Waals surface area contributed by atoms with E-state index >= 15 is 0 Å². The van der Waals surface area contributed by atoms with Crippen molar-refractivity contribution in [2.24, 2.45) is 0 Å². The topological polar surface area (TPSA) is 108 Å². The first-order valence-electron chi connectivity index (χ1n) is 9.65. The van der Waals surface area contributed by atoms with Gasteiger partial charge in [-0.1, -0.05) is 30.3 Å². The third-order valence-corrected chi connectivity index (χ3v) is 4.72. The van der Waals surface area contributed by atoms with Crippen LogP contribution in [0, 0.1) is 24.0 Å². The molecule has 0 unspecified atom stereocenters. The molecule has 1 aromatic carbocycles. The molecule has 2 rings (SSSR count). The van der Waals surface area contributed by atoms with E-state index in [0.29, 0.717) is 6.54 Å². The van der Waals surface area contributed by atoms with Gasteiger partial charge in [0.2, 0.25) is 0 Å². The average Bonchev–Trinajstić information content (AvgIpc) is 2.92. The molecule has 0 aliphatic heterocycles. The van der Waals surface area contributed by atoms with E-state index in [1.807, 2.05) is 51.1 Å². The summed E-state index contributed by atoms with van der Waals surface area (Å²) in [6, 6.07) is 9.56. The van der Waals surface area contributed by atoms with Crippen LogP contribution >= 0.6 is 0 Å².